The lowest BCUT2D eigenvalue weighted by molar-refractivity contribution is -0.153. The van der Waals surface area contributed by atoms with Crippen LogP contribution in [-0.4, -0.2) is 69.5 Å². The summed E-state index contributed by atoms with van der Waals surface area (Å²) < 4.78 is 11.5. The molecule has 0 saturated carbocycles. The van der Waals surface area contributed by atoms with E-state index < -0.39 is 41.1 Å². The molecule has 0 radical (unpaired) electrons. The summed E-state index contributed by atoms with van der Waals surface area (Å²) >= 11 is 1.39. The summed E-state index contributed by atoms with van der Waals surface area (Å²) in [6, 6.07) is 17.8. The minimum absolute atomic E-state index is 0.0588. The quantitative estimate of drug-likeness (QED) is 0.220. The maximum absolute atomic E-state index is 14.1. The fourth-order valence-electron chi connectivity index (χ4n) is 5.20. The number of alkyl carbamates (subject to hydrolysis) is 1. The zero-order chi connectivity index (χ0) is 30.7. The number of allylic oxidation sites excluding steroid dienone is 1. The number of nitrogens with zero attached hydrogens (tertiary/aromatic N) is 2. The molecule has 0 spiro atoms. The van der Waals surface area contributed by atoms with E-state index in [1.165, 1.54) is 16.7 Å². The number of β-lactam (4-membered cyclic amide) rings is 1. The number of thioether (sulfide) groups is 1. The molecule has 0 aromatic heterocycles. The molecule has 222 valence electrons. The van der Waals surface area contributed by atoms with Crippen molar-refractivity contribution >= 4 is 35.6 Å². The van der Waals surface area contributed by atoms with Gasteiger partial charge in [0.1, 0.15) is 22.7 Å². The van der Waals surface area contributed by atoms with Crippen molar-refractivity contribution < 1.29 is 28.7 Å². The Labute approximate surface area is 255 Å². The van der Waals surface area contributed by atoms with Gasteiger partial charge in [-0.25, -0.2) is 9.59 Å². The summed E-state index contributed by atoms with van der Waals surface area (Å²) in [6.07, 6.45) is 6.11. The van der Waals surface area contributed by atoms with Crippen molar-refractivity contribution in [3.8, 4) is 12.3 Å². The molecule has 2 aromatic carbocycles. The third-order valence-corrected chi connectivity index (χ3v) is 8.44. The summed E-state index contributed by atoms with van der Waals surface area (Å²) in [6.45, 7) is 5.88. The SMILES string of the molecule is C#CCN1CC/C(=C\C2=C(C(=O)OC(c3ccccc3)c3ccccc3)N3C(=O)[C@@H](NC(=O)OC(C)(C)C)[C@H]3SC2)C1=O. The van der Waals surface area contributed by atoms with Crippen LogP contribution in [0.3, 0.4) is 0 Å². The third-order valence-electron chi connectivity index (χ3n) is 7.14. The summed E-state index contributed by atoms with van der Waals surface area (Å²) in [5.41, 5.74) is 1.85. The standard InChI is InChI=1S/C33H33N3O6S/c1-5-17-35-18-16-23(28(35)37)19-24-20-43-30-25(34-32(40)42-33(2,3)4)29(38)36(30)26(24)31(39)41-27(21-12-8-6-9-13-21)22-14-10-7-11-15-22/h1,6-15,19,25,27,30H,16-18,20H2,2-4H3,(H,34,40)/b23-19+/t25-,30-/m1/s1. The first-order chi connectivity index (χ1) is 20.6. The number of benzene rings is 2. The number of carbonyl (C=O) groups is 4. The van der Waals surface area contributed by atoms with Gasteiger partial charge in [-0.1, -0.05) is 66.6 Å². The van der Waals surface area contributed by atoms with Crippen molar-refractivity contribution in [2.75, 3.05) is 18.8 Å². The molecular formula is C33H33N3O6S. The topological polar surface area (TPSA) is 105 Å². The van der Waals surface area contributed by atoms with E-state index in [1.807, 2.05) is 60.7 Å². The van der Waals surface area contributed by atoms with Crippen molar-refractivity contribution in [3.63, 3.8) is 0 Å². The van der Waals surface area contributed by atoms with Gasteiger partial charge in [0.05, 0.1) is 6.54 Å². The number of rotatable bonds is 7. The van der Waals surface area contributed by atoms with Crippen LogP contribution in [0.4, 0.5) is 4.79 Å². The molecule has 3 aliphatic rings. The molecule has 9 nitrogen and oxygen atoms in total. The minimum atomic E-state index is -0.880. The van der Waals surface area contributed by atoms with Gasteiger partial charge in [0.25, 0.3) is 11.8 Å². The highest BCUT2D eigenvalue weighted by molar-refractivity contribution is 8.00. The maximum atomic E-state index is 14.1. The Morgan fingerprint density at radius 1 is 1.09 bits per heavy atom. The Morgan fingerprint density at radius 3 is 2.30 bits per heavy atom. The highest BCUT2D eigenvalue weighted by Crippen LogP contribution is 2.42. The molecule has 10 heteroatoms. The largest absolute Gasteiger partial charge is 0.448 e. The zero-order valence-electron chi connectivity index (χ0n) is 24.2. The van der Waals surface area contributed by atoms with E-state index in [0.29, 0.717) is 29.9 Å². The first kappa shape index (κ1) is 30.0. The van der Waals surface area contributed by atoms with Crippen LogP contribution in [0.5, 0.6) is 0 Å². The van der Waals surface area contributed by atoms with Crippen LogP contribution in [0.1, 0.15) is 44.4 Å². The Hall–Kier alpha value is -4.49. The van der Waals surface area contributed by atoms with Crippen LogP contribution in [0, 0.1) is 12.3 Å². The van der Waals surface area contributed by atoms with Crippen molar-refractivity contribution in [2.24, 2.45) is 0 Å². The number of terminal acetylenes is 1. The zero-order valence-corrected chi connectivity index (χ0v) is 25.1. The number of esters is 1. The summed E-state index contributed by atoms with van der Waals surface area (Å²) in [5.74, 6) is 1.45. The molecule has 3 aliphatic heterocycles. The molecule has 2 atom stereocenters. The molecule has 2 saturated heterocycles. The second kappa shape index (κ2) is 12.4. The second-order valence-electron chi connectivity index (χ2n) is 11.4. The van der Waals surface area contributed by atoms with Crippen molar-refractivity contribution in [1.82, 2.24) is 15.1 Å². The van der Waals surface area contributed by atoms with Gasteiger partial charge in [0.15, 0.2) is 6.10 Å². The van der Waals surface area contributed by atoms with Gasteiger partial charge in [0, 0.05) is 17.9 Å². The summed E-state index contributed by atoms with van der Waals surface area (Å²) in [7, 11) is 0. The highest BCUT2D eigenvalue weighted by atomic mass is 32.2. The molecule has 0 bridgehead atoms. The van der Waals surface area contributed by atoms with Gasteiger partial charge in [0.2, 0.25) is 0 Å². The van der Waals surface area contributed by atoms with Crippen molar-refractivity contribution in [1.29, 1.82) is 0 Å². The summed E-state index contributed by atoms with van der Waals surface area (Å²) in [5, 5.41) is 2.10. The monoisotopic (exact) mass is 599 g/mol. The molecular weight excluding hydrogens is 566 g/mol. The molecule has 43 heavy (non-hydrogen) atoms. The number of likely N-dealkylation sites (tertiary alicyclic amines) is 1. The van der Waals surface area contributed by atoms with E-state index in [-0.39, 0.29) is 18.1 Å². The van der Waals surface area contributed by atoms with Crippen LogP contribution in [0.25, 0.3) is 0 Å². The number of carbonyl (C=O) groups excluding carboxylic acids is 4. The number of hydrogen-bond donors (Lipinski definition) is 1. The smallest absolute Gasteiger partial charge is 0.408 e. The second-order valence-corrected chi connectivity index (χ2v) is 12.5. The van der Waals surface area contributed by atoms with Crippen molar-refractivity contribution in [3.05, 3.63) is 94.7 Å². The van der Waals surface area contributed by atoms with Gasteiger partial charge in [-0.05, 0) is 50.0 Å². The lowest BCUT2D eigenvalue weighted by Crippen LogP contribution is -2.70. The van der Waals surface area contributed by atoms with Crippen LogP contribution in [-0.2, 0) is 23.9 Å². The van der Waals surface area contributed by atoms with E-state index in [2.05, 4.69) is 11.2 Å². The predicted molar refractivity (Wildman–Crippen MR) is 162 cm³/mol. The van der Waals surface area contributed by atoms with Gasteiger partial charge in [-0.15, -0.1) is 18.2 Å². The number of ether oxygens (including phenoxy) is 2. The van der Waals surface area contributed by atoms with Gasteiger partial charge in [-0.2, -0.15) is 0 Å². The van der Waals surface area contributed by atoms with E-state index in [4.69, 9.17) is 15.9 Å². The van der Waals surface area contributed by atoms with E-state index in [9.17, 15) is 19.2 Å². The molecule has 0 aliphatic carbocycles. The molecule has 3 amide bonds. The molecule has 5 rings (SSSR count). The number of hydrogen-bond acceptors (Lipinski definition) is 7. The van der Waals surface area contributed by atoms with Gasteiger partial charge in [-0.3, -0.25) is 14.5 Å². The average molecular weight is 600 g/mol. The number of nitrogens with one attached hydrogen (secondary N) is 1. The van der Waals surface area contributed by atoms with E-state index in [0.717, 1.165) is 11.1 Å². The van der Waals surface area contributed by atoms with Crippen molar-refractivity contribution in [2.45, 2.75) is 50.3 Å². The van der Waals surface area contributed by atoms with Crippen LogP contribution in [0.2, 0.25) is 0 Å². The highest BCUT2D eigenvalue weighted by Gasteiger charge is 2.55. The normalized spacial score (nSPS) is 21.0. The Kier molecular flexibility index (Phi) is 8.64. The van der Waals surface area contributed by atoms with Crippen LogP contribution in [0.15, 0.2) is 83.6 Å². The fraction of sp³-hybridized carbons (Fsp3) is 0.333. The lowest BCUT2D eigenvalue weighted by Gasteiger charge is -2.49. The van der Waals surface area contributed by atoms with Crippen LogP contribution < -0.4 is 5.32 Å². The molecule has 0 unspecified atom stereocenters. The van der Waals surface area contributed by atoms with E-state index in [1.54, 1.807) is 31.7 Å². The predicted octanol–water partition coefficient (Wildman–Crippen LogP) is 4.17. The third kappa shape index (κ3) is 6.47. The minimum Gasteiger partial charge on any atom is -0.448 e. The number of fused-ring (bicyclic) bond motifs is 1. The Balaban J connectivity index is 1.49. The Morgan fingerprint density at radius 2 is 1.72 bits per heavy atom. The van der Waals surface area contributed by atoms with Crippen LogP contribution >= 0.6 is 11.8 Å². The maximum Gasteiger partial charge on any atom is 0.408 e. The molecule has 2 aromatic rings. The number of amides is 3. The van der Waals surface area contributed by atoms with Gasteiger partial charge >= 0.3 is 12.1 Å². The lowest BCUT2D eigenvalue weighted by atomic mass is 10.00. The summed E-state index contributed by atoms with van der Waals surface area (Å²) in [4.78, 5) is 56.0. The first-order valence-electron chi connectivity index (χ1n) is 14.0. The first-order valence-corrected chi connectivity index (χ1v) is 15.0. The fourth-order valence-corrected chi connectivity index (χ4v) is 6.50. The average Bonchev–Trinajstić information content (AvgIpc) is 3.32. The molecule has 2 fully saturated rings. The van der Waals surface area contributed by atoms with E-state index >= 15 is 0 Å². The van der Waals surface area contributed by atoms with Gasteiger partial charge < -0.3 is 19.7 Å². The Bertz CT molecular complexity index is 1480. The molecule has 1 N–H and O–H groups in total. The molecule has 3 heterocycles.